The summed E-state index contributed by atoms with van der Waals surface area (Å²) in [6, 6.07) is 7.46. The number of nitrogens with zero attached hydrogens (tertiary/aromatic N) is 2. The Bertz CT molecular complexity index is 620. The Kier molecular flexibility index (Phi) is 2.21. The van der Waals surface area contributed by atoms with E-state index in [-0.39, 0.29) is 5.69 Å². The molecule has 0 atom stereocenters. The van der Waals surface area contributed by atoms with Crippen molar-refractivity contribution in [3.05, 3.63) is 52.7 Å². The minimum Gasteiger partial charge on any atom is -0.298 e. The van der Waals surface area contributed by atoms with Crippen molar-refractivity contribution < 1.29 is 4.79 Å². The zero-order valence-corrected chi connectivity index (χ0v) is 9.24. The lowest BCUT2D eigenvalue weighted by Gasteiger charge is -2.04. The highest BCUT2D eigenvalue weighted by atomic mass is 16.1. The minimum atomic E-state index is -0.0678. The van der Waals surface area contributed by atoms with Crippen LogP contribution in [0.4, 0.5) is 0 Å². The number of imidazole rings is 1. The molecule has 4 nitrogen and oxygen atoms in total. The van der Waals surface area contributed by atoms with Gasteiger partial charge in [-0.15, -0.1) is 0 Å². The van der Waals surface area contributed by atoms with E-state index in [1.54, 1.807) is 35.2 Å². The van der Waals surface area contributed by atoms with Gasteiger partial charge >= 0.3 is 5.69 Å². The molecule has 0 unspecified atom stereocenters. The van der Waals surface area contributed by atoms with Crippen molar-refractivity contribution in [1.29, 1.82) is 0 Å². The van der Waals surface area contributed by atoms with Gasteiger partial charge in [0.25, 0.3) is 0 Å². The van der Waals surface area contributed by atoms with E-state index >= 15 is 0 Å². The highest BCUT2D eigenvalue weighted by Gasteiger charge is 2.25. The van der Waals surface area contributed by atoms with E-state index in [1.807, 2.05) is 6.07 Å². The smallest absolute Gasteiger partial charge is 0.298 e. The molecule has 0 amide bonds. The zero-order chi connectivity index (χ0) is 11.8. The fourth-order valence-electron chi connectivity index (χ4n) is 2.01. The molecule has 1 saturated carbocycles. The molecule has 1 aliphatic rings. The molecular weight excluding hydrogens is 216 g/mol. The molecule has 17 heavy (non-hydrogen) atoms. The number of benzene rings is 1. The molecule has 0 bridgehead atoms. The summed E-state index contributed by atoms with van der Waals surface area (Å²) in [5, 5.41) is 0. The average Bonchev–Trinajstić information content (AvgIpc) is 3.13. The van der Waals surface area contributed by atoms with Crippen molar-refractivity contribution in [2.75, 3.05) is 0 Å². The predicted molar refractivity (Wildman–Crippen MR) is 63.7 cm³/mol. The Hall–Kier alpha value is -2.10. The maximum Gasteiger partial charge on any atom is 0.332 e. The third kappa shape index (κ3) is 1.62. The molecule has 1 fully saturated rings. The second-order valence-electron chi connectivity index (χ2n) is 4.27. The third-order valence-electron chi connectivity index (χ3n) is 3.07. The molecule has 0 aliphatic heterocycles. The van der Waals surface area contributed by atoms with Crippen LogP contribution in [0.25, 0.3) is 5.69 Å². The Balaban J connectivity index is 2.15. The van der Waals surface area contributed by atoms with Gasteiger partial charge in [0.1, 0.15) is 0 Å². The zero-order valence-electron chi connectivity index (χ0n) is 9.24. The number of carbonyl (C=O) groups excluding carboxylic acids is 1. The normalized spacial score (nSPS) is 14.8. The Morgan fingerprint density at radius 2 is 1.94 bits per heavy atom. The standard InChI is InChI=1S/C13H12N2O2/c16-9-10-3-1-2-4-12(10)15-8-7-14(13(15)17)11-5-6-11/h1-4,7-9,11H,5-6H2. The summed E-state index contributed by atoms with van der Waals surface area (Å²) >= 11 is 0. The van der Waals surface area contributed by atoms with E-state index < -0.39 is 0 Å². The number of para-hydroxylation sites is 1. The van der Waals surface area contributed by atoms with E-state index in [0.717, 1.165) is 19.1 Å². The monoisotopic (exact) mass is 228 g/mol. The number of aldehydes is 1. The first kappa shape index (κ1) is 10.1. The second kappa shape index (κ2) is 3.73. The maximum atomic E-state index is 12.1. The topological polar surface area (TPSA) is 44.0 Å². The average molecular weight is 228 g/mol. The van der Waals surface area contributed by atoms with Crippen LogP contribution in [0.15, 0.2) is 41.5 Å². The lowest BCUT2D eigenvalue weighted by molar-refractivity contribution is 0.112. The lowest BCUT2D eigenvalue weighted by atomic mass is 10.2. The van der Waals surface area contributed by atoms with Crippen LogP contribution in [0.2, 0.25) is 0 Å². The molecule has 1 aromatic carbocycles. The quantitative estimate of drug-likeness (QED) is 0.752. The molecule has 0 spiro atoms. The van der Waals surface area contributed by atoms with Crippen molar-refractivity contribution in [2.45, 2.75) is 18.9 Å². The van der Waals surface area contributed by atoms with E-state index in [2.05, 4.69) is 0 Å². The van der Waals surface area contributed by atoms with Crippen molar-refractivity contribution in [3.63, 3.8) is 0 Å². The first-order chi connectivity index (χ1) is 8.31. The van der Waals surface area contributed by atoms with Crippen LogP contribution in [0.5, 0.6) is 0 Å². The molecule has 0 saturated heterocycles. The van der Waals surface area contributed by atoms with Crippen molar-refractivity contribution in [3.8, 4) is 5.69 Å². The molecule has 2 aromatic rings. The molecular formula is C13H12N2O2. The van der Waals surface area contributed by atoms with Crippen LogP contribution in [0.3, 0.4) is 0 Å². The number of rotatable bonds is 3. The molecule has 4 heteroatoms. The van der Waals surface area contributed by atoms with Crippen LogP contribution in [0.1, 0.15) is 29.2 Å². The Morgan fingerprint density at radius 1 is 1.18 bits per heavy atom. The maximum absolute atomic E-state index is 12.1. The van der Waals surface area contributed by atoms with Gasteiger partial charge in [-0.05, 0) is 25.0 Å². The summed E-state index contributed by atoms with van der Waals surface area (Å²) in [6.07, 6.45) is 6.43. The van der Waals surface area contributed by atoms with Gasteiger partial charge in [-0.25, -0.2) is 4.79 Å². The Labute approximate surface area is 98.1 Å². The van der Waals surface area contributed by atoms with Crippen LogP contribution in [0, 0.1) is 0 Å². The Morgan fingerprint density at radius 3 is 2.65 bits per heavy atom. The highest BCUT2D eigenvalue weighted by molar-refractivity contribution is 5.80. The van der Waals surface area contributed by atoms with Crippen LogP contribution in [-0.4, -0.2) is 15.4 Å². The van der Waals surface area contributed by atoms with Gasteiger partial charge < -0.3 is 0 Å². The fraction of sp³-hybridized carbons (Fsp3) is 0.231. The van der Waals surface area contributed by atoms with Crippen molar-refractivity contribution >= 4 is 6.29 Å². The van der Waals surface area contributed by atoms with E-state index in [1.165, 1.54) is 4.57 Å². The van der Waals surface area contributed by atoms with Gasteiger partial charge in [0.2, 0.25) is 0 Å². The highest BCUT2D eigenvalue weighted by Crippen LogP contribution is 2.33. The summed E-state index contributed by atoms with van der Waals surface area (Å²) < 4.78 is 3.27. The molecule has 1 aliphatic carbocycles. The van der Waals surface area contributed by atoms with E-state index in [4.69, 9.17) is 0 Å². The molecule has 0 radical (unpaired) electrons. The SMILES string of the molecule is O=Cc1ccccc1-n1ccn(C2CC2)c1=O. The van der Waals surface area contributed by atoms with Gasteiger partial charge in [0.15, 0.2) is 6.29 Å². The molecule has 3 rings (SSSR count). The summed E-state index contributed by atoms with van der Waals surface area (Å²) in [5.41, 5.74) is 1.11. The summed E-state index contributed by atoms with van der Waals surface area (Å²) in [6.45, 7) is 0. The van der Waals surface area contributed by atoms with Crippen molar-refractivity contribution in [2.24, 2.45) is 0 Å². The molecule has 1 aromatic heterocycles. The van der Waals surface area contributed by atoms with Gasteiger partial charge in [-0.3, -0.25) is 13.9 Å². The van der Waals surface area contributed by atoms with Gasteiger partial charge in [-0.1, -0.05) is 12.1 Å². The minimum absolute atomic E-state index is 0.0678. The molecule has 0 N–H and O–H groups in total. The van der Waals surface area contributed by atoms with Crippen LogP contribution < -0.4 is 5.69 Å². The van der Waals surface area contributed by atoms with Gasteiger partial charge in [0.05, 0.1) is 5.69 Å². The number of carbonyl (C=O) groups is 1. The number of hydrogen-bond acceptors (Lipinski definition) is 2. The van der Waals surface area contributed by atoms with Crippen LogP contribution in [-0.2, 0) is 0 Å². The van der Waals surface area contributed by atoms with E-state index in [0.29, 0.717) is 17.3 Å². The summed E-state index contributed by atoms with van der Waals surface area (Å²) in [4.78, 5) is 23.1. The first-order valence-electron chi connectivity index (χ1n) is 5.65. The largest absolute Gasteiger partial charge is 0.332 e. The van der Waals surface area contributed by atoms with Gasteiger partial charge in [0, 0.05) is 24.0 Å². The fourth-order valence-corrected chi connectivity index (χ4v) is 2.01. The number of aromatic nitrogens is 2. The van der Waals surface area contributed by atoms with Crippen molar-refractivity contribution in [1.82, 2.24) is 9.13 Å². The summed E-state index contributed by atoms with van der Waals surface area (Å²) in [7, 11) is 0. The first-order valence-corrected chi connectivity index (χ1v) is 5.65. The summed E-state index contributed by atoms with van der Waals surface area (Å²) in [5.74, 6) is 0. The third-order valence-corrected chi connectivity index (χ3v) is 3.07. The van der Waals surface area contributed by atoms with Crippen LogP contribution >= 0.6 is 0 Å². The predicted octanol–water partition coefficient (Wildman–Crippen LogP) is 1.79. The second-order valence-corrected chi connectivity index (χ2v) is 4.27. The lowest BCUT2D eigenvalue weighted by Crippen LogP contribution is -2.22. The van der Waals surface area contributed by atoms with Gasteiger partial charge in [-0.2, -0.15) is 0 Å². The molecule has 1 heterocycles. The van der Waals surface area contributed by atoms with E-state index in [9.17, 15) is 9.59 Å². The molecule has 86 valence electrons. The number of hydrogen-bond donors (Lipinski definition) is 0.